The molecule has 0 atom stereocenters. The van der Waals surface area contributed by atoms with Crippen LogP contribution in [0, 0.1) is 0 Å². The molecule has 0 bridgehead atoms. The third-order valence-electron chi connectivity index (χ3n) is 4.79. The Hall–Kier alpha value is -3.77. The number of aliphatic hydroxyl groups is 1. The topological polar surface area (TPSA) is 101 Å². The zero-order valence-corrected chi connectivity index (χ0v) is 19.2. The number of fused-ring (bicyclic) bond motifs is 1. The van der Waals surface area contributed by atoms with E-state index >= 15 is 0 Å². The van der Waals surface area contributed by atoms with Crippen molar-refractivity contribution in [3.8, 4) is 11.5 Å². The van der Waals surface area contributed by atoms with Gasteiger partial charge in [-0.2, -0.15) is 13.2 Å². The summed E-state index contributed by atoms with van der Waals surface area (Å²) in [5, 5.41) is 14.5. The van der Waals surface area contributed by atoms with Gasteiger partial charge in [0.25, 0.3) is 5.91 Å². The second kappa shape index (κ2) is 10.2. The number of rotatable bonds is 8. The number of aliphatic hydroxyl groups excluding tert-OH is 1. The molecular weight excluding hydrogens is 483 g/mol. The molecule has 1 amide bonds. The molecule has 3 N–H and O–H groups in total. The number of pyridine rings is 1. The van der Waals surface area contributed by atoms with Gasteiger partial charge in [-0.3, -0.25) is 9.78 Å². The number of ether oxygens (including phenoxy) is 1. The van der Waals surface area contributed by atoms with Crippen molar-refractivity contribution in [1.82, 2.24) is 19.9 Å². The summed E-state index contributed by atoms with van der Waals surface area (Å²) >= 11 is -0.168. The van der Waals surface area contributed by atoms with E-state index in [1.54, 1.807) is 30.3 Å². The van der Waals surface area contributed by atoms with Crippen LogP contribution in [-0.2, 0) is 7.05 Å². The highest BCUT2D eigenvalue weighted by atomic mass is 32.2. The number of nitrogens with one attached hydrogen (secondary N) is 2. The van der Waals surface area contributed by atoms with Gasteiger partial charge in [-0.15, -0.1) is 0 Å². The summed E-state index contributed by atoms with van der Waals surface area (Å²) in [6.45, 7) is -0.0553. The second-order valence-corrected chi connectivity index (χ2v) is 8.44. The van der Waals surface area contributed by atoms with Crippen LogP contribution >= 0.6 is 11.8 Å². The average molecular weight is 504 g/mol. The molecule has 0 radical (unpaired) electrons. The second-order valence-electron chi connectivity index (χ2n) is 7.30. The van der Waals surface area contributed by atoms with Crippen LogP contribution < -0.4 is 15.4 Å². The van der Waals surface area contributed by atoms with Gasteiger partial charge in [0.1, 0.15) is 17.2 Å². The molecule has 4 rings (SSSR count). The minimum atomic E-state index is -4.34. The number of imidazole rings is 1. The standard InChI is InChI=1S/C23H20F3N5O3S/c1-31-20-7-4-15(34-16-8-9-27-19(13-16)21(33)28-10-11-32)12-18(20)30-22(31)29-14-2-5-17(6-3-14)35-23(24,25)26/h2-9,12-13,32H,10-11H2,1H3,(H,28,33)(H,29,30). The normalized spacial score (nSPS) is 11.5. The zero-order chi connectivity index (χ0) is 25.0. The van der Waals surface area contributed by atoms with E-state index in [2.05, 4.69) is 20.6 Å². The molecule has 4 aromatic rings. The molecule has 182 valence electrons. The van der Waals surface area contributed by atoms with Crippen LogP contribution in [0.4, 0.5) is 24.8 Å². The Morgan fingerprint density at radius 1 is 1.11 bits per heavy atom. The van der Waals surface area contributed by atoms with E-state index in [1.165, 1.54) is 24.4 Å². The fourth-order valence-electron chi connectivity index (χ4n) is 3.22. The van der Waals surface area contributed by atoms with E-state index in [1.807, 2.05) is 17.7 Å². The maximum absolute atomic E-state index is 12.5. The monoisotopic (exact) mass is 503 g/mol. The van der Waals surface area contributed by atoms with Crippen molar-refractivity contribution >= 4 is 40.3 Å². The number of aromatic nitrogens is 3. The van der Waals surface area contributed by atoms with Crippen molar-refractivity contribution in [2.75, 3.05) is 18.5 Å². The Morgan fingerprint density at radius 2 is 1.86 bits per heavy atom. The third-order valence-corrected chi connectivity index (χ3v) is 5.53. The molecule has 0 unspecified atom stereocenters. The maximum Gasteiger partial charge on any atom is 0.446 e. The molecule has 8 nitrogen and oxygen atoms in total. The molecule has 12 heteroatoms. The number of benzene rings is 2. The van der Waals surface area contributed by atoms with Crippen LogP contribution in [-0.4, -0.2) is 44.2 Å². The van der Waals surface area contributed by atoms with E-state index in [-0.39, 0.29) is 35.5 Å². The van der Waals surface area contributed by atoms with Crippen LogP contribution in [0.2, 0.25) is 0 Å². The molecule has 0 saturated heterocycles. The lowest BCUT2D eigenvalue weighted by Crippen LogP contribution is -2.27. The Morgan fingerprint density at radius 3 is 2.57 bits per heavy atom. The van der Waals surface area contributed by atoms with Gasteiger partial charge in [0.2, 0.25) is 5.95 Å². The van der Waals surface area contributed by atoms with Gasteiger partial charge >= 0.3 is 5.51 Å². The summed E-state index contributed by atoms with van der Waals surface area (Å²) in [5.41, 5.74) is -2.15. The van der Waals surface area contributed by atoms with Crippen LogP contribution in [0.5, 0.6) is 11.5 Å². The number of nitrogens with zero attached hydrogens (tertiary/aromatic N) is 3. The molecule has 35 heavy (non-hydrogen) atoms. The van der Waals surface area contributed by atoms with Crippen molar-refractivity contribution in [2.45, 2.75) is 10.4 Å². The number of halogens is 3. The van der Waals surface area contributed by atoms with E-state index in [0.717, 1.165) is 5.52 Å². The number of carbonyl (C=O) groups is 1. The SMILES string of the molecule is Cn1c(Nc2ccc(SC(F)(F)F)cc2)nc2cc(Oc3ccnc(C(=O)NCCO)c3)ccc21. The van der Waals surface area contributed by atoms with E-state index in [9.17, 15) is 18.0 Å². The minimum Gasteiger partial charge on any atom is -0.457 e. The first-order valence-corrected chi connectivity index (χ1v) is 11.2. The molecular formula is C23H20F3N5O3S. The maximum atomic E-state index is 12.5. The lowest BCUT2D eigenvalue weighted by Gasteiger charge is -2.08. The van der Waals surface area contributed by atoms with Gasteiger partial charge in [0.05, 0.1) is 17.6 Å². The van der Waals surface area contributed by atoms with E-state index in [0.29, 0.717) is 28.7 Å². The van der Waals surface area contributed by atoms with Gasteiger partial charge in [-0.1, -0.05) is 0 Å². The zero-order valence-electron chi connectivity index (χ0n) is 18.3. The summed E-state index contributed by atoms with van der Waals surface area (Å²) in [7, 11) is 1.81. The largest absolute Gasteiger partial charge is 0.457 e. The highest BCUT2D eigenvalue weighted by Crippen LogP contribution is 2.37. The molecule has 0 aliphatic heterocycles. The Bertz CT molecular complexity index is 1340. The van der Waals surface area contributed by atoms with Crippen LogP contribution in [0.25, 0.3) is 11.0 Å². The Balaban J connectivity index is 1.49. The quantitative estimate of drug-likeness (QED) is 0.296. The first-order valence-electron chi connectivity index (χ1n) is 10.3. The van der Waals surface area contributed by atoms with Crippen molar-refractivity contribution in [3.63, 3.8) is 0 Å². The van der Waals surface area contributed by atoms with Gasteiger partial charge in [-0.25, -0.2) is 4.98 Å². The van der Waals surface area contributed by atoms with Crippen molar-refractivity contribution in [1.29, 1.82) is 0 Å². The molecule has 0 fully saturated rings. The van der Waals surface area contributed by atoms with E-state index in [4.69, 9.17) is 9.84 Å². The predicted molar refractivity (Wildman–Crippen MR) is 126 cm³/mol. The number of thioether (sulfide) groups is 1. The van der Waals surface area contributed by atoms with Crippen molar-refractivity contribution in [2.24, 2.45) is 7.05 Å². The molecule has 2 heterocycles. The fourth-order valence-corrected chi connectivity index (χ4v) is 3.76. The van der Waals surface area contributed by atoms with Gasteiger partial charge in [0, 0.05) is 42.5 Å². The minimum absolute atomic E-state index is 0.0972. The van der Waals surface area contributed by atoms with Crippen LogP contribution in [0.15, 0.2) is 65.7 Å². The first kappa shape index (κ1) is 24.4. The highest BCUT2D eigenvalue weighted by Gasteiger charge is 2.29. The number of aryl methyl sites for hydroxylation is 1. The fraction of sp³-hybridized carbons (Fsp3) is 0.174. The first-order chi connectivity index (χ1) is 16.7. The number of carbonyl (C=O) groups excluding carboxylic acids is 1. The summed E-state index contributed by atoms with van der Waals surface area (Å²) in [6, 6.07) is 14.3. The molecule has 2 aromatic heterocycles. The molecule has 2 aromatic carbocycles. The van der Waals surface area contributed by atoms with Crippen LogP contribution in [0.1, 0.15) is 10.5 Å². The molecule has 0 aliphatic rings. The Labute approximate surface area is 202 Å². The number of amides is 1. The smallest absolute Gasteiger partial charge is 0.446 e. The number of hydrogen-bond donors (Lipinski definition) is 3. The Kier molecular flexibility index (Phi) is 7.12. The number of anilines is 2. The van der Waals surface area contributed by atoms with Gasteiger partial charge in [0.15, 0.2) is 0 Å². The summed E-state index contributed by atoms with van der Waals surface area (Å²) in [5.74, 6) is 0.966. The predicted octanol–water partition coefficient (Wildman–Crippen LogP) is 4.84. The molecule has 0 aliphatic carbocycles. The highest BCUT2D eigenvalue weighted by molar-refractivity contribution is 8.00. The lowest BCUT2D eigenvalue weighted by atomic mass is 10.3. The average Bonchev–Trinajstić information content (AvgIpc) is 3.12. The third kappa shape index (κ3) is 6.22. The van der Waals surface area contributed by atoms with Gasteiger partial charge < -0.3 is 25.0 Å². The van der Waals surface area contributed by atoms with Crippen molar-refractivity contribution in [3.05, 3.63) is 66.5 Å². The van der Waals surface area contributed by atoms with Crippen molar-refractivity contribution < 1.29 is 27.8 Å². The lowest BCUT2D eigenvalue weighted by molar-refractivity contribution is -0.0328. The molecule has 0 spiro atoms. The van der Waals surface area contributed by atoms with Gasteiger partial charge in [-0.05, 0) is 54.2 Å². The molecule has 0 saturated carbocycles. The summed E-state index contributed by atoms with van der Waals surface area (Å²) < 4.78 is 45.3. The van der Waals surface area contributed by atoms with Crippen LogP contribution in [0.3, 0.4) is 0 Å². The number of alkyl halides is 3. The summed E-state index contributed by atoms with van der Waals surface area (Å²) in [4.78, 5) is 20.7. The van der Waals surface area contributed by atoms with E-state index < -0.39 is 11.4 Å². The number of hydrogen-bond acceptors (Lipinski definition) is 7. The summed E-state index contributed by atoms with van der Waals surface area (Å²) in [6.07, 6.45) is 1.45.